The Morgan fingerprint density at radius 3 is 2.93 bits per heavy atom. The van der Waals surface area contributed by atoms with Crippen molar-refractivity contribution >= 4 is 29.6 Å². The van der Waals surface area contributed by atoms with Crippen molar-refractivity contribution in [2.24, 2.45) is 0 Å². The molecule has 0 bridgehead atoms. The zero-order valence-corrected chi connectivity index (χ0v) is 8.12. The van der Waals surface area contributed by atoms with Crippen LogP contribution in [0.15, 0.2) is 28.9 Å². The fourth-order valence-electron chi connectivity index (χ4n) is 1.45. The predicted octanol–water partition coefficient (Wildman–Crippen LogP) is 2.56. The van der Waals surface area contributed by atoms with E-state index < -0.39 is 5.97 Å². The van der Waals surface area contributed by atoms with Crippen LogP contribution in [0.1, 0.15) is 15.9 Å². The maximum atomic E-state index is 10.9. The summed E-state index contributed by atoms with van der Waals surface area (Å²) in [7, 11) is 0. The summed E-state index contributed by atoms with van der Waals surface area (Å²) >= 11 is 4.11. The van der Waals surface area contributed by atoms with E-state index in [-0.39, 0.29) is 5.56 Å². The summed E-state index contributed by atoms with van der Waals surface area (Å²) in [6.45, 7) is 0. The van der Waals surface area contributed by atoms with Crippen molar-refractivity contribution in [3.05, 3.63) is 35.6 Å². The van der Waals surface area contributed by atoms with Gasteiger partial charge in [0.15, 0.2) is 0 Å². The molecule has 0 fully saturated rings. The molecule has 14 heavy (non-hydrogen) atoms. The second-order valence-corrected chi connectivity index (χ2v) is 3.22. The Morgan fingerprint density at radius 1 is 1.50 bits per heavy atom. The van der Waals surface area contributed by atoms with Crippen LogP contribution in [-0.2, 0) is 5.75 Å². The zero-order chi connectivity index (χ0) is 10.1. The Hall–Kier alpha value is -1.42. The molecule has 4 heteroatoms. The van der Waals surface area contributed by atoms with E-state index in [0.29, 0.717) is 16.7 Å². The topological polar surface area (TPSA) is 50.4 Å². The highest BCUT2D eigenvalue weighted by Gasteiger charge is 2.13. The summed E-state index contributed by atoms with van der Waals surface area (Å²) in [5.74, 6) is -0.475. The molecule has 0 spiro atoms. The minimum atomic E-state index is -0.944. The van der Waals surface area contributed by atoms with Crippen molar-refractivity contribution in [3.8, 4) is 0 Å². The van der Waals surface area contributed by atoms with Crippen LogP contribution < -0.4 is 0 Å². The second-order valence-electron chi connectivity index (χ2n) is 2.90. The summed E-state index contributed by atoms with van der Waals surface area (Å²) in [6, 6.07) is 4.97. The van der Waals surface area contributed by atoms with Crippen molar-refractivity contribution < 1.29 is 14.3 Å². The van der Waals surface area contributed by atoms with Crippen LogP contribution in [0.25, 0.3) is 11.0 Å². The van der Waals surface area contributed by atoms with Gasteiger partial charge in [-0.15, -0.1) is 0 Å². The third-order valence-corrected chi connectivity index (χ3v) is 2.42. The van der Waals surface area contributed by atoms with Gasteiger partial charge < -0.3 is 9.52 Å². The Morgan fingerprint density at radius 2 is 2.29 bits per heavy atom. The average molecular weight is 208 g/mol. The van der Waals surface area contributed by atoms with E-state index in [9.17, 15) is 4.79 Å². The number of carboxylic acid groups (broad SMARTS) is 1. The first-order valence-electron chi connectivity index (χ1n) is 4.07. The summed E-state index contributed by atoms with van der Waals surface area (Å²) < 4.78 is 5.22. The molecule has 1 aromatic heterocycles. The van der Waals surface area contributed by atoms with Crippen LogP contribution in [-0.4, -0.2) is 11.1 Å². The van der Waals surface area contributed by atoms with E-state index in [2.05, 4.69) is 12.6 Å². The largest absolute Gasteiger partial charge is 0.478 e. The van der Waals surface area contributed by atoms with Gasteiger partial charge in [-0.3, -0.25) is 0 Å². The highest BCUT2D eigenvalue weighted by Crippen LogP contribution is 2.26. The lowest BCUT2D eigenvalue weighted by atomic mass is 10.1. The standard InChI is InChI=1S/C10H8O3S/c11-10(12)7-2-1-3-8-9(7)6(5-14)4-13-8/h1-4,14H,5H2,(H,11,12). The van der Waals surface area contributed by atoms with Crippen LogP contribution in [0.3, 0.4) is 0 Å². The quantitative estimate of drug-likeness (QED) is 0.746. The lowest BCUT2D eigenvalue weighted by Crippen LogP contribution is -1.97. The molecule has 0 aliphatic rings. The average Bonchev–Trinajstić information content (AvgIpc) is 2.59. The summed E-state index contributed by atoms with van der Waals surface area (Å²) in [4.78, 5) is 10.9. The maximum absolute atomic E-state index is 10.9. The molecule has 0 saturated heterocycles. The van der Waals surface area contributed by atoms with Gasteiger partial charge in [-0.05, 0) is 12.1 Å². The number of furan rings is 1. The van der Waals surface area contributed by atoms with Gasteiger partial charge in [0.2, 0.25) is 0 Å². The number of carbonyl (C=O) groups is 1. The first-order chi connectivity index (χ1) is 6.74. The maximum Gasteiger partial charge on any atom is 0.336 e. The SMILES string of the molecule is O=C(O)c1cccc2occ(CS)c12. The molecule has 0 atom stereocenters. The van der Waals surface area contributed by atoms with Gasteiger partial charge in [0.1, 0.15) is 5.58 Å². The third-order valence-electron chi connectivity index (χ3n) is 2.08. The van der Waals surface area contributed by atoms with Crippen molar-refractivity contribution in [2.75, 3.05) is 0 Å². The van der Waals surface area contributed by atoms with Crippen LogP contribution in [0.5, 0.6) is 0 Å². The van der Waals surface area contributed by atoms with Crippen molar-refractivity contribution in [1.82, 2.24) is 0 Å². The number of aromatic carboxylic acids is 1. The molecule has 0 aliphatic carbocycles. The fraction of sp³-hybridized carbons (Fsp3) is 0.100. The molecule has 3 nitrogen and oxygen atoms in total. The van der Waals surface area contributed by atoms with Gasteiger partial charge in [0.25, 0.3) is 0 Å². The van der Waals surface area contributed by atoms with Gasteiger partial charge in [0, 0.05) is 16.7 Å². The van der Waals surface area contributed by atoms with E-state index in [0.717, 1.165) is 5.56 Å². The summed E-state index contributed by atoms with van der Waals surface area (Å²) in [6.07, 6.45) is 1.55. The Kier molecular flexibility index (Phi) is 2.21. The van der Waals surface area contributed by atoms with Crippen LogP contribution in [0.2, 0.25) is 0 Å². The number of benzene rings is 1. The highest BCUT2D eigenvalue weighted by molar-refractivity contribution is 7.79. The van der Waals surface area contributed by atoms with E-state index in [1.807, 2.05) is 0 Å². The molecule has 72 valence electrons. The minimum absolute atomic E-state index is 0.264. The third kappa shape index (κ3) is 1.28. The Labute approximate surface area is 85.7 Å². The molecule has 0 amide bonds. The number of rotatable bonds is 2. The van der Waals surface area contributed by atoms with Gasteiger partial charge in [0.05, 0.1) is 11.8 Å². The smallest absolute Gasteiger partial charge is 0.336 e. The van der Waals surface area contributed by atoms with Crippen molar-refractivity contribution in [3.63, 3.8) is 0 Å². The first kappa shape index (κ1) is 9.15. The monoisotopic (exact) mass is 208 g/mol. The van der Waals surface area contributed by atoms with Crippen molar-refractivity contribution in [1.29, 1.82) is 0 Å². The molecular weight excluding hydrogens is 200 g/mol. The zero-order valence-electron chi connectivity index (χ0n) is 7.23. The number of carboxylic acids is 1. The van der Waals surface area contributed by atoms with Gasteiger partial charge in [-0.25, -0.2) is 4.79 Å². The second kappa shape index (κ2) is 3.38. The van der Waals surface area contributed by atoms with Crippen LogP contribution in [0.4, 0.5) is 0 Å². The summed E-state index contributed by atoms with van der Waals surface area (Å²) in [5, 5.41) is 9.60. The van der Waals surface area contributed by atoms with E-state index >= 15 is 0 Å². The molecule has 1 N–H and O–H groups in total. The van der Waals surface area contributed by atoms with E-state index in [4.69, 9.17) is 9.52 Å². The first-order valence-corrected chi connectivity index (χ1v) is 4.70. The van der Waals surface area contributed by atoms with E-state index in [1.165, 1.54) is 0 Å². The highest BCUT2D eigenvalue weighted by atomic mass is 32.1. The van der Waals surface area contributed by atoms with Gasteiger partial charge in [-0.2, -0.15) is 12.6 Å². The summed E-state index contributed by atoms with van der Waals surface area (Å²) in [5.41, 5.74) is 1.66. The molecule has 2 aromatic rings. The number of hydrogen-bond donors (Lipinski definition) is 2. The predicted molar refractivity (Wildman–Crippen MR) is 55.9 cm³/mol. The number of hydrogen-bond acceptors (Lipinski definition) is 3. The molecule has 0 radical (unpaired) electrons. The Balaban J connectivity index is 2.81. The fourth-order valence-corrected chi connectivity index (χ4v) is 1.68. The lowest BCUT2D eigenvalue weighted by Gasteiger charge is -1.97. The molecule has 0 saturated carbocycles. The Bertz CT molecular complexity index is 487. The molecule has 1 heterocycles. The van der Waals surface area contributed by atoms with E-state index in [1.54, 1.807) is 24.5 Å². The van der Waals surface area contributed by atoms with Crippen LogP contribution in [0, 0.1) is 0 Å². The molecule has 0 unspecified atom stereocenters. The molecule has 2 rings (SSSR count). The molecular formula is C10H8O3S. The van der Waals surface area contributed by atoms with Gasteiger partial charge in [-0.1, -0.05) is 6.07 Å². The minimum Gasteiger partial charge on any atom is -0.478 e. The normalized spacial score (nSPS) is 10.6. The lowest BCUT2D eigenvalue weighted by molar-refractivity contribution is 0.0699. The van der Waals surface area contributed by atoms with Crippen molar-refractivity contribution in [2.45, 2.75) is 5.75 Å². The van der Waals surface area contributed by atoms with Crippen LogP contribution >= 0.6 is 12.6 Å². The number of fused-ring (bicyclic) bond motifs is 1. The number of thiol groups is 1. The van der Waals surface area contributed by atoms with Gasteiger partial charge >= 0.3 is 5.97 Å². The molecule has 0 aliphatic heterocycles. The molecule has 1 aromatic carbocycles.